The van der Waals surface area contributed by atoms with Crippen molar-refractivity contribution in [2.24, 2.45) is 16.7 Å². The third-order valence-electron chi connectivity index (χ3n) is 4.79. The average Bonchev–Trinajstić information content (AvgIpc) is 2.69. The first-order valence-electron chi connectivity index (χ1n) is 7.23. The fourth-order valence-corrected chi connectivity index (χ4v) is 2.40. The molecule has 0 spiro atoms. The number of carboxylic acids is 1. The van der Waals surface area contributed by atoms with Gasteiger partial charge in [-0.3, -0.25) is 4.79 Å². The molecular formula is C14H24N4O2. The van der Waals surface area contributed by atoms with Gasteiger partial charge in [-0.05, 0) is 34.6 Å². The summed E-state index contributed by atoms with van der Waals surface area (Å²) >= 11 is 0. The van der Waals surface area contributed by atoms with Gasteiger partial charge < -0.3 is 5.11 Å². The highest BCUT2D eigenvalue weighted by Crippen LogP contribution is 2.42. The lowest BCUT2D eigenvalue weighted by Gasteiger charge is -2.37. The second kappa shape index (κ2) is 5.14. The number of tetrazole rings is 1. The summed E-state index contributed by atoms with van der Waals surface area (Å²) in [4.78, 5) is 11.4. The van der Waals surface area contributed by atoms with E-state index >= 15 is 0 Å². The Morgan fingerprint density at radius 2 is 2.10 bits per heavy atom. The maximum atomic E-state index is 11.4. The summed E-state index contributed by atoms with van der Waals surface area (Å²) in [5.41, 5.74) is -0.479. The molecule has 1 aromatic heterocycles. The summed E-state index contributed by atoms with van der Waals surface area (Å²) in [7, 11) is 0. The Morgan fingerprint density at radius 3 is 2.55 bits per heavy atom. The van der Waals surface area contributed by atoms with E-state index in [1.165, 1.54) is 0 Å². The molecule has 0 aromatic carbocycles. The summed E-state index contributed by atoms with van der Waals surface area (Å²) in [5.74, 6) is 0.489. The third kappa shape index (κ3) is 2.83. The highest BCUT2D eigenvalue weighted by molar-refractivity contribution is 5.75. The van der Waals surface area contributed by atoms with Crippen LogP contribution in [0.25, 0.3) is 0 Å². The molecule has 112 valence electrons. The molecule has 1 atom stereocenters. The van der Waals surface area contributed by atoms with E-state index in [4.69, 9.17) is 0 Å². The van der Waals surface area contributed by atoms with Crippen LogP contribution in [0.3, 0.4) is 0 Å². The number of carbonyl (C=O) groups is 1. The monoisotopic (exact) mass is 280 g/mol. The van der Waals surface area contributed by atoms with Crippen molar-refractivity contribution in [1.29, 1.82) is 0 Å². The first kappa shape index (κ1) is 14.9. The lowest BCUT2D eigenvalue weighted by Crippen LogP contribution is -2.42. The molecule has 0 amide bonds. The zero-order chi connectivity index (χ0) is 15.0. The largest absolute Gasteiger partial charge is 0.481 e. The summed E-state index contributed by atoms with van der Waals surface area (Å²) in [6.45, 7) is 9.14. The Kier molecular flexibility index (Phi) is 3.84. The van der Waals surface area contributed by atoms with Gasteiger partial charge in [-0.25, -0.2) is 4.68 Å². The van der Waals surface area contributed by atoms with Crippen LogP contribution in [0, 0.1) is 16.7 Å². The van der Waals surface area contributed by atoms with Crippen LogP contribution in [0.1, 0.15) is 52.8 Å². The highest BCUT2D eigenvalue weighted by Gasteiger charge is 2.45. The predicted octanol–water partition coefficient (Wildman–Crippen LogP) is 2.15. The molecule has 2 rings (SSSR count). The van der Waals surface area contributed by atoms with Gasteiger partial charge in [0.1, 0.15) is 0 Å². The van der Waals surface area contributed by atoms with Crippen molar-refractivity contribution >= 4 is 5.97 Å². The second-order valence-corrected chi connectivity index (χ2v) is 7.16. The van der Waals surface area contributed by atoms with Gasteiger partial charge in [0.15, 0.2) is 5.82 Å². The predicted molar refractivity (Wildman–Crippen MR) is 74.1 cm³/mol. The van der Waals surface area contributed by atoms with Gasteiger partial charge in [0, 0.05) is 6.42 Å². The smallest absolute Gasteiger partial charge is 0.311 e. The van der Waals surface area contributed by atoms with E-state index < -0.39 is 11.4 Å². The minimum atomic E-state index is -0.728. The molecule has 0 saturated heterocycles. The molecule has 20 heavy (non-hydrogen) atoms. The van der Waals surface area contributed by atoms with Crippen LogP contribution in [0.2, 0.25) is 0 Å². The Hall–Kier alpha value is -1.46. The molecule has 1 unspecified atom stereocenters. The number of aliphatic carboxylic acids is 1. The van der Waals surface area contributed by atoms with Crippen LogP contribution < -0.4 is 0 Å². The zero-order valence-electron chi connectivity index (χ0n) is 12.8. The molecular weight excluding hydrogens is 256 g/mol. The second-order valence-electron chi connectivity index (χ2n) is 7.16. The number of hydrogen-bond donors (Lipinski definition) is 1. The van der Waals surface area contributed by atoms with Gasteiger partial charge in [0.05, 0.1) is 12.0 Å². The molecule has 0 aliphatic heterocycles. The van der Waals surface area contributed by atoms with Crippen molar-refractivity contribution in [1.82, 2.24) is 20.2 Å². The normalized spacial score (nSPS) is 19.4. The average molecular weight is 280 g/mol. The summed E-state index contributed by atoms with van der Waals surface area (Å²) in [6, 6.07) is 0. The van der Waals surface area contributed by atoms with E-state index in [1.807, 2.05) is 0 Å². The maximum Gasteiger partial charge on any atom is 0.311 e. The van der Waals surface area contributed by atoms with Crippen LogP contribution in [-0.2, 0) is 17.8 Å². The molecule has 1 aliphatic carbocycles. The van der Waals surface area contributed by atoms with Crippen molar-refractivity contribution < 1.29 is 9.90 Å². The van der Waals surface area contributed by atoms with Crippen molar-refractivity contribution in [2.75, 3.05) is 0 Å². The number of rotatable bonds is 5. The van der Waals surface area contributed by atoms with Gasteiger partial charge >= 0.3 is 5.97 Å². The van der Waals surface area contributed by atoms with Gasteiger partial charge in [0.2, 0.25) is 0 Å². The van der Waals surface area contributed by atoms with Crippen molar-refractivity contribution in [3.8, 4) is 0 Å². The highest BCUT2D eigenvalue weighted by atomic mass is 16.4. The molecule has 1 aromatic rings. The number of hydrogen-bond acceptors (Lipinski definition) is 4. The van der Waals surface area contributed by atoms with E-state index in [1.54, 1.807) is 4.68 Å². The van der Waals surface area contributed by atoms with Gasteiger partial charge in [-0.1, -0.05) is 34.1 Å². The molecule has 6 nitrogen and oxygen atoms in total. The standard InChI is InChI=1S/C14H24N4O2/c1-10(13(2,3)4)8-11-15-16-17-18(11)9-14(12(19)20)6-5-7-14/h10H,5-9H2,1-4H3,(H,19,20). The lowest BCUT2D eigenvalue weighted by atomic mass is 9.69. The van der Waals surface area contributed by atoms with E-state index in [0.717, 1.165) is 31.5 Å². The number of aromatic nitrogens is 4. The van der Waals surface area contributed by atoms with E-state index in [0.29, 0.717) is 12.5 Å². The molecule has 1 heterocycles. The Balaban J connectivity index is 2.11. The fraction of sp³-hybridized carbons (Fsp3) is 0.857. The van der Waals surface area contributed by atoms with E-state index in [-0.39, 0.29) is 5.41 Å². The minimum Gasteiger partial charge on any atom is -0.481 e. The molecule has 1 fully saturated rings. The SMILES string of the molecule is CC(Cc1nnnn1CC1(C(=O)O)CCC1)C(C)(C)C. The van der Waals surface area contributed by atoms with Crippen LogP contribution in [0.15, 0.2) is 0 Å². The number of nitrogens with zero attached hydrogens (tertiary/aromatic N) is 4. The van der Waals surface area contributed by atoms with Crippen LogP contribution in [0.5, 0.6) is 0 Å². The van der Waals surface area contributed by atoms with Crippen LogP contribution in [-0.4, -0.2) is 31.3 Å². The van der Waals surface area contributed by atoms with Gasteiger partial charge in [0.25, 0.3) is 0 Å². The van der Waals surface area contributed by atoms with E-state index in [2.05, 4.69) is 43.2 Å². The molecule has 1 saturated carbocycles. The molecule has 6 heteroatoms. The minimum absolute atomic E-state index is 0.178. The number of carboxylic acid groups (broad SMARTS) is 1. The van der Waals surface area contributed by atoms with Crippen molar-refractivity contribution in [3.05, 3.63) is 5.82 Å². The third-order valence-corrected chi connectivity index (χ3v) is 4.79. The summed E-state index contributed by atoms with van der Waals surface area (Å²) in [5, 5.41) is 21.2. The van der Waals surface area contributed by atoms with E-state index in [9.17, 15) is 9.90 Å². The van der Waals surface area contributed by atoms with Crippen LogP contribution >= 0.6 is 0 Å². The molecule has 0 bridgehead atoms. The summed E-state index contributed by atoms with van der Waals surface area (Å²) < 4.78 is 1.69. The molecule has 0 radical (unpaired) electrons. The lowest BCUT2D eigenvalue weighted by molar-refractivity contribution is -0.156. The van der Waals surface area contributed by atoms with Crippen molar-refractivity contribution in [2.45, 2.75) is 59.9 Å². The van der Waals surface area contributed by atoms with Gasteiger partial charge in [-0.2, -0.15) is 0 Å². The first-order valence-corrected chi connectivity index (χ1v) is 7.23. The fourth-order valence-electron chi connectivity index (χ4n) is 2.40. The maximum absolute atomic E-state index is 11.4. The quantitative estimate of drug-likeness (QED) is 0.893. The summed E-state index contributed by atoms with van der Waals surface area (Å²) in [6.07, 6.45) is 3.18. The Labute approximate surface area is 119 Å². The van der Waals surface area contributed by atoms with Crippen molar-refractivity contribution in [3.63, 3.8) is 0 Å². The van der Waals surface area contributed by atoms with Gasteiger partial charge in [-0.15, -0.1) is 5.10 Å². The molecule has 1 aliphatic rings. The molecule has 1 N–H and O–H groups in total. The Bertz CT molecular complexity index is 486. The van der Waals surface area contributed by atoms with Crippen LogP contribution in [0.4, 0.5) is 0 Å². The first-order chi connectivity index (χ1) is 9.24. The Morgan fingerprint density at radius 1 is 1.45 bits per heavy atom. The zero-order valence-corrected chi connectivity index (χ0v) is 12.8. The topological polar surface area (TPSA) is 80.9 Å².